The molecule has 0 aromatic heterocycles. The molecule has 0 spiro atoms. The minimum atomic E-state index is -0.538. The first-order valence-corrected chi connectivity index (χ1v) is 10.6. The molecule has 0 bridgehead atoms. The Bertz CT molecular complexity index is 648. The van der Waals surface area contributed by atoms with E-state index in [1.165, 1.54) is 44.1 Å². The van der Waals surface area contributed by atoms with E-state index in [9.17, 15) is 4.79 Å². The Morgan fingerprint density at radius 2 is 1.76 bits per heavy atom. The molecule has 0 unspecified atom stereocenters. The SMILES string of the molecule is C[C@@]12CCC[C@H]1[C@@H]1CCC3=C(OC4(N)CC4)C(=O)CC[C@]3(C)[C@H]1CC2. The van der Waals surface area contributed by atoms with Gasteiger partial charge in [-0.15, -0.1) is 0 Å². The lowest BCUT2D eigenvalue weighted by Gasteiger charge is -2.57. The van der Waals surface area contributed by atoms with Gasteiger partial charge in [0.2, 0.25) is 0 Å². The van der Waals surface area contributed by atoms with Gasteiger partial charge in [0.05, 0.1) is 0 Å². The minimum absolute atomic E-state index is 0.168. The predicted octanol–water partition coefficient (Wildman–Crippen LogP) is 4.70. The molecule has 0 aliphatic heterocycles. The first-order valence-electron chi connectivity index (χ1n) is 10.6. The summed E-state index contributed by atoms with van der Waals surface area (Å²) in [5.74, 6) is 3.41. The summed E-state index contributed by atoms with van der Waals surface area (Å²) in [6.07, 6.45) is 12.8. The molecule has 0 amide bonds. The van der Waals surface area contributed by atoms with Gasteiger partial charge in [-0.25, -0.2) is 0 Å². The van der Waals surface area contributed by atoms with Crippen molar-refractivity contribution in [2.24, 2.45) is 34.3 Å². The molecular weight excluding hydrogens is 310 g/mol. The fourth-order valence-electron chi connectivity index (χ4n) is 7.21. The number of rotatable bonds is 2. The van der Waals surface area contributed by atoms with Crippen molar-refractivity contribution in [1.82, 2.24) is 0 Å². The molecule has 0 saturated heterocycles. The first-order chi connectivity index (χ1) is 11.8. The van der Waals surface area contributed by atoms with Crippen LogP contribution in [0.1, 0.15) is 84.5 Å². The van der Waals surface area contributed by atoms with E-state index in [0.29, 0.717) is 17.6 Å². The van der Waals surface area contributed by atoms with Crippen molar-refractivity contribution >= 4 is 5.78 Å². The van der Waals surface area contributed by atoms with Crippen LogP contribution in [-0.4, -0.2) is 11.5 Å². The minimum Gasteiger partial charge on any atom is -0.469 e. The number of allylic oxidation sites excluding steroid dienone is 1. The first kappa shape index (κ1) is 16.4. The predicted molar refractivity (Wildman–Crippen MR) is 97.5 cm³/mol. The summed E-state index contributed by atoms with van der Waals surface area (Å²) >= 11 is 0. The van der Waals surface area contributed by atoms with E-state index in [1.54, 1.807) is 0 Å². The van der Waals surface area contributed by atoms with E-state index in [0.717, 1.165) is 43.4 Å². The maximum absolute atomic E-state index is 12.7. The second kappa shape index (κ2) is 5.12. The Balaban J connectivity index is 1.51. The lowest BCUT2D eigenvalue weighted by Crippen LogP contribution is -2.50. The molecule has 3 nitrogen and oxygen atoms in total. The van der Waals surface area contributed by atoms with Crippen LogP contribution in [0.3, 0.4) is 0 Å². The van der Waals surface area contributed by atoms with E-state index in [4.69, 9.17) is 10.5 Å². The molecule has 25 heavy (non-hydrogen) atoms. The van der Waals surface area contributed by atoms with Gasteiger partial charge in [-0.3, -0.25) is 10.5 Å². The summed E-state index contributed by atoms with van der Waals surface area (Å²) < 4.78 is 6.13. The zero-order valence-corrected chi connectivity index (χ0v) is 15.9. The molecule has 0 heterocycles. The maximum atomic E-state index is 12.7. The fraction of sp³-hybridized carbons (Fsp3) is 0.864. The number of carbonyl (C=O) groups is 1. The highest BCUT2D eigenvalue weighted by atomic mass is 16.5. The summed E-state index contributed by atoms with van der Waals surface area (Å²) in [6, 6.07) is 0. The number of carbonyl (C=O) groups excluding carboxylic acids is 1. The molecule has 0 radical (unpaired) electrons. The van der Waals surface area contributed by atoms with Crippen molar-refractivity contribution in [3.05, 3.63) is 11.3 Å². The molecule has 5 aliphatic rings. The third kappa shape index (κ3) is 2.30. The fourth-order valence-corrected chi connectivity index (χ4v) is 7.21. The van der Waals surface area contributed by atoms with E-state index in [-0.39, 0.29) is 11.2 Å². The van der Waals surface area contributed by atoms with E-state index >= 15 is 0 Å². The van der Waals surface area contributed by atoms with Crippen LogP contribution in [0.4, 0.5) is 0 Å². The van der Waals surface area contributed by atoms with Gasteiger partial charge in [-0.05, 0) is 79.1 Å². The Morgan fingerprint density at radius 1 is 0.960 bits per heavy atom. The Kier molecular flexibility index (Phi) is 3.35. The summed E-state index contributed by atoms with van der Waals surface area (Å²) in [7, 11) is 0. The van der Waals surface area contributed by atoms with Gasteiger partial charge >= 0.3 is 0 Å². The van der Waals surface area contributed by atoms with Crippen LogP contribution in [0.5, 0.6) is 0 Å². The third-order valence-electron chi connectivity index (χ3n) is 8.90. The highest BCUT2D eigenvalue weighted by Crippen LogP contribution is 2.66. The molecule has 5 aliphatic carbocycles. The van der Waals surface area contributed by atoms with Crippen LogP contribution in [-0.2, 0) is 9.53 Å². The average Bonchev–Trinajstić information content (AvgIpc) is 3.15. The standard InChI is InChI=1S/C22H33NO2/c1-20-9-3-4-15(20)14-5-6-17-19(25-22(23)12-13-22)18(24)8-11-21(17,2)16(14)7-10-20/h14-16H,3-13,23H2,1-2H3/t14-,15-,16-,20-,21+/m0/s1. The van der Waals surface area contributed by atoms with Crippen molar-refractivity contribution < 1.29 is 9.53 Å². The monoisotopic (exact) mass is 343 g/mol. The average molecular weight is 344 g/mol. The quantitative estimate of drug-likeness (QED) is 0.739. The molecule has 4 saturated carbocycles. The van der Waals surface area contributed by atoms with Gasteiger partial charge in [0, 0.05) is 19.3 Å². The van der Waals surface area contributed by atoms with Crippen LogP contribution >= 0.6 is 0 Å². The van der Waals surface area contributed by atoms with Crippen molar-refractivity contribution in [3.63, 3.8) is 0 Å². The van der Waals surface area contributed by atoms with Gasteiger partial charge in [-0.1, -0.05) is 20.3 Å². The maximum Gasteiger partial charge on any atom is 0.197 e. The topological polar surface area (TPSA) is 52.3 Å². The highest BCUT2D eigenvalue weighted by molar-refractivity contribution is 5.95. The molecular formula is C22H33NO2. The molecule has 3 heteroatoms. The number of Topliss-reactive ketones (excluding diaryl/α,β-unsaturated/α-hetero) is 1. The summed E-state index contributed by atoms with van der Waals surface area (Å²) in [6.45, 7) is 5.00. The molecule has 5 rings (SSSR count). The summed E-state index contributed by atoms with van der Waals surface area (Å²) in [5.41, 5.74) is 7.78. The van der Waals surface area contributed by atoms with Crippen LogP contribution in [0.15, 0.2) is 11.3 Å². The van der Waals surface area contributed by atoms with Crippen LogP contribution in [0.25, 0.3) is 0 Å². The number of hydrogen-bond acceptors (Lipinski definition) is 3. The largest absolute Gasteiger partial charge is 0.469 e. The van der Waals surface area contributed by atoms with Gasteiger partial charge in [0.15, 0.2) is 17.3 Å². The highest BCUT2D eigenvalue weighted by Gasteiger charge is 2.58. The lowest BCUT2D eigenvalue weighted by molar-refractivity contribution is -0.124. The second-order valence-electron chi connectivity index (χ2n) is 10.3. The van der Waals surface area contributed by atoms with Gasteiger partial charge in [0.25, 0.3) is 0 Å². The Morgan fingerprint density at radius 3 is 2.52 bits per heavy atom. The molecule has 0 aromatic carbocycles. The van der Waals surface area contributed by atoms with E-state index < -0.39 is 5.72 Å². The molecule has 4 fully saturated rings. The van der Waals surface area contributed by atoms with Crippen LogP contribution in [0, 0.1) is 28.6 Å². The molecule has 2 N–H and O–H groups in total. The van der Waals surface area contributed by atoms with Crippen molar-refractivity contribution in [2.45, 2.75) is 90.2 Å². The molecule has 0 aromatic rings. The number of ether oxygens (including phenoxy) is 1. The third-order valence-corrected chi connectivity index (χ3v) is 8.90. The van der Waals surface area contributed by atoms with Gasteiger partial charge in [0.1, 0.15) is 0 Å². The van der Waals surface area contributed by atoms with Crippen LogP contribution < -0.4 is 5.73 Å². The number of fused-ring (bicyclic) bond motifs is 5. The lowest BCUT2D eigenvalue weighted by atomic mass is 9.47. The molecule has 138 valence electrons. The van der Waals surface area contributed by atoms with Gasteiger partial charge in [-0.2, -0.15) is 0 Å². The van der Waals surface area contributed by atoms with E-state index in [1.807, 2.05) is 0 Å². The smallest absolute Gasteiger partial charge is 0.197 e. The van der Waals surface area contributed by atoms with Gasteiger partial charge < -0.3 is 4.74 Å². The zero-order chi connectivity index (χ0) is 17.4. The number of ketones is 1. The number of nitrogens with two attached hydrogens (primary N) is 1. The molecule has 5 atom stereocenters. The van der Waals surface area contributed by atoms with Crippen molar-refractivity contribution in [2.75, 3.05) is 0 Å². The normalized spacial score (nSPS) is 47.8. The number of hydrogen-bond donors (Lipinski definition) is 1. The van der Waals surface area contributed by atoms with E-state index in [2.05, 4.69) is 13.8 Å². The Labute approximate surface area is 151 Å². The van der Waals surface area contributed by atoms with Crippen molar-refractivity contribution in [1.29, 1.82) is 0 Å². The van der Waals surface area contributed by atoms with Crippen molar-refractivity contribution in [3.8, 4) is 0 Å². The Hall–Kier alpha value is -0.830. The summed E-state index contributed by atoms with van der Waals surface area (Å²) in [5, 5.41) is 0. The second-order valence-corrected chi connectivity index (χ2v) is 10.3. The van der Waals surface area contributed by atoms with Crippen LogP contribution in [0.2, 0.25) is 0 Å². The summed E-state index contributed by atoms with van der Waals surface area (Å²) in [4.78, 5) is 12.7. The zero-order valence-electron chi connectivity index (χ0n) is 15.9.